The Bertz CT molecular complexity index is 580. The maximum absolute atomic E-state index is 13.2. The minimum Gasteiger partial charge on any atom is -0.494 e. The van der Waals surface area contributed by atoms with Crippen molar-refractivity contribution in [2.75, 3.05) is 13.2 Å². The molecule has 0 fully saturated rings. The van der Waals surface area contributed by atoms with Crippen molar-refractivity contribution in [1.82, 2.24) is 5.32 Å². The van der Waals surface area contributed by atoms with Crippen LogP contribution in [0.4, 0.5) is 4.39 Å². The van der Waals surface area contributed by atoms with E-state index in [2.05, 4.69) is 25.2 Å². The van der Waals surface area contributed by atoms with Crippen LogP contribution in [0.1, 0.15) is 36.6 Å². The van der Waals surface area contributed by atoms with E-state index in [1.807, 2.05) is 31.2 Å². The van der Waals surface area contributed by atoms with Gasteiger partial charge in [0.2, 0.25) is 0 Å². The van der Waals surface area contributed by atoms with Gasteiger partial charge in [-0.05, 0) is 44.2 Å². The van der Waals surface area contributed by atoms with Crippen LogP contribution < -0.4 is 10.1 Å². The quantitative estimate of drug-likeness (QED) is 0.858. The van der Waals surface area contributed by atoms with Crippen LogP contribution >= 0.6 is 0 Å². The molecule has 1 N–H and O–H groups in total. The van der Waals surface area contributed by atoms with Crippen LogP contribution in [0.15, 0.2) is 42.5 Å². The molecule has 0 aromatic heterocycles. The summed E-state index contributed by atoms with van der Waals surface area (Å²) in [5.41, 5.74) is 3.30. The summed E-state index contributed by atoms with van der Waals surface area (Å²) in [5, 5.41) is 3.46. The van der Waals surface area contributed by atoms with E-state index in [1.165, 1.54) is 17.7 Å². The SMILES string of the molecule is CCNC(c1ccc(F)cc1)c1cc(C)ccc1OCC. The van der Waals surface area contributed by atoms with Crippen molar-refractivity contribution in [3.8, 4) is 5.75 Å². The number of ether oxygens (including phenoxy) is 1. The maximum atomic E-state index is 13.2. The standard InChI is InChI=1S/C18H22FNO/c1-4-20-18(14-7-9-15(19)10-8-14)16-12-13(3)6-11-17(16)21-5-2/h6-12,18,20H,4-5H2,1-3H3. The molecular formula is C18H22FNO. The number of benzene rings is 2. The van der Waals surface area contributed by atoms with E-state index < -0.39 is 0 Å². The molecule has 0 heterocycles. The zero-order valence-corrected chi connectivity index (χ0v) is 12.8. The van der Waals surface area contributed by atoms with E-state index in [-0.39, 0.29) is 11.9 Å². The highest BCUT2D eigenvalue weighted by Gasteiger charge is 2.17. The Morgan fingerprint density at radius 1 is 1.10 bits per heavy atom. The fraction of sp³-hybridized carbons (Fsp3) is 0.333. The van der Waals surface area contributed by atoms with Gasteiger partial charge in [0, 0.05) is 5.56 Å². The first kappa shape index (κ1) is 15.5. The third-order valence-electron chi connectivity index (χ3n) is 3.39. The molecule has 0 radical (unpaired) electrons. The first-order valence-electron chi connectivity index (χ1n) is 7.37. The molecular weight excluding hydrogens is 265 g/mol. The van der Waals surface area contributed by atoms with Crippen molar-refractivity contribution in [2.45, 2.75) is 26.8 Å². The van der Waals surface area contributed by atoms with Crippen molar-refractivity contribution >= 4 is 0 Å². The molecule has 112 valence electrons. The molecule has 2 nitrogen and oxygen atoms in total. The van der Waals surface area contributed by atoms with E-state index in [1.54, 1.807) is 0 Å². The van der Waals surface area contributed by atoms with Gasteiger partial charge >= 0.3 is 0 Å². The van der Waals surface area contributed by atoms with Crippen molar-refractivity contribution < 1.29 is 9.13 Å². The summed E-state index contributed by atoms with van der Waals surface area (Å²) in [5.74, 6) is 0.654. The summed E-state index contributed by atoms with van der Waals surface area (Å²) >= 11 is 0. The Morgan fingerprint density at radius 2 is 1.81 bits per heavy atom. The van der Waals surface area contributed by atoms with Crippen molar-refractivity contribution in [2.24, 2.45) is 0 Å². The molecule has 1 atom stereocenters. The second-order valence-corrected chi connectivity index (χ2v) is 5.02. The van der Waals surface area contributed by atoms with Gasteiger partial charge < -0.3 is 10.1 Å². The molecule has 21 heavy (non-hydrogen) atoms. The smallest absolute Gasteiger partial charge is 0.124 e. The van der Waals surface area contributed by atoms with Gasteiger partial charge in [0.15, 0.2) is 0 Å². The first-order chi connectivity index (χ1) is 10.2. The van der Waals surface area contributed by atoms with E-state index in [9.17, 15) is 4.39 Å². The summed E-state index contributed by atoms with van der Waals surface area (Å²) in [7, 11) is 0. The van der Waals surface area contributed by atoms with E-state index in [4.69, 9.17) is 4.74 Å². The second kappa shape index (κ2) is 7.23. The molecule has 0 aliphatic heterocycles. The number of hydrogen-bond acceptors (Lipinski definition) is 2. The van der Waals surface area contributed by atoms with Crippen LogP contribution in [-0.4, -0.2) is 13.2 Å². The van der Waals surface area contributed by atoms with Crippen LogP contribution in [0, 0.1) is 12.7 Å². The lowest BCUT2D eigenvalue weighted by Gasteiger charge is -2.22. The lowest BCUT2D eigenvalue weighted by Crippen LogP contribution is -2.22. The summed E-state index contributed by atoms with van der Waals surface area (Å²) in [4.78, 5) is 0. The van der Waals surface area contributed by atoms with Crippen molar-refractivity contribution in [3.63, 3.8) is 0 Å². The third kappa shape index (κ3) is 3.82. The van der Waals surface area contributed by atoms with Crippen LogP contribution in [0.2, 0.25) is 0 Å². The maximum Gasteiger partial charge on any atom is 0.124 e. The summed E-state index contributed by atoms with van der Waals surface area (Å²) < 4.78 is 18.9. The van der Waals surface area contributed by atoms with Crippen LogP contribution in [-0.2, 0) is 0 Å². The molecule has 0 saturated heterocycles. The number of nitrogens with one attached hydrogen (secondary N) is 1. The Morgan fingerprint density at radius 3 is 2.43 bits per heavy atom. The van der Waals surface area contributed by atoms with Crippen LogP contribution in [0.5, 0.6) is 5.75 Å². The first-order valence-corrected chi connectivity index (χ1v) is 7.37. The molecule has 2 rings (SSSR count). The molecule has 0 bridgehead atoms. The summed E-state index contributed by atoms with van der Waals surface area (Å²) in [6, 6.07) is 12.8. The van der Waals surface area contributed by atoms with Crippen LogP contribution in [0.25, 0.3) is 0 Å². The second-order valence-electron chi connectivity index (χ2n) is 5.02. The Balaban J connectivity index is 2.46. The monoisotopic (exact) mass is 287 g/mol. The van der Waals surface area contributed by atoms with E-state index >= 15 is 0 Å². The molecule has 2 aromatic rings. The highest BCUT2D eigenvalue weighted by atomic mass is 19.1. The van der Waals surface area contributed by atoms with Gasteiger partial charge in [-0.3, -0.25) is 0 Å². The number of rotatable bonds is 6. The molecule has 0 aliphatic rings. The average molecular weight is 287 g/mol. The van der Waals surface area contributed by atoms with Gasteiger partial charge in [-0.1, -0.05) is 36.8 Å². The van der Waals surface area contributed by atoms with Crippen molar-refractivity contribution in [1.29, 1.82) is 0 Å². The fourth-order valence-corrected chi connectivity index (χ4v) is 2.45. The lowest BCUT2D eigenvalue weighted by atomic mass is 9.96. The Kier molecular flexibility index (Phi) is 5.34. The minimum atomic E-state index is -0.219. The summed E-state index contributed by atoms with van der Waals surface area (Å²) in [6.45, 7) is 7.54. The highest BCUT2D eigenvalue weighted by Crippen LogP contribution is 2.31. The molecule has 3 heteroatoms. The normalized spacial score (nSPS) is 12.2. The zero-order valence-electron chi connectivity index (χ0n) is 12.8. The van der Waals surface area contributed by atoms with Gasteiger partial charge in [0.05, 0.1) is 12.6 Å². The predicted octanol–water partition coefficient (Wildman–Crippen LogP) is 4.23. The number of aryl methyl sites for hydroxylation is 1. The Hall–Kier alpha value is -1.87. The highest BCUT2D eigenvalue weighted by molar-refractivity contribution is 5.44. The topological polar surface area (TPSA) is 21.3 Å². The van der Waals surface area contributed by atoms with Gasteiger partial charge in [0.25, 0.3) is 0 Å². The van der Waals surface area contributed by atoms with E-state index in [0.717, 1.165) is 23.4 Å². The number of halogens is 1. The van der Waals surface area contributed by atoms with E-state index in [0.29, 0.717) is 6.61 Å². The zero-order chi connectivity index (χ0) is 15.2. The van der Waals surface area contributed by atoms with Gasteiger partial charge in [-0.2, -0.15) is 0 Å². The Labute approximate surface area is 126 Å². The van der Waals surface area contributed by atoms with Gasteiger partial charge in [0.1, 0.15) is 11.6 Å². The minimum absolute atomic E-state index is 0.00273. The third-order valence-corrected chi connectivity index (χ3v) is 3.39. The average Bonchev–Trinajstić information content (AvgIpc) is 2.48. The molecule has 1 unspecified atom stereocenters. The molecule has 0 saturated carbocycles. The largest absolute Gasteiger partial charge is 0.494 e. The molecule has 2 aromatic carbocycles. The van der Waals surface area contributed by atoms with Gasteiger partial charge in [-0.15, -0.1) is 0 Å². The summed E-state index contributed by atoms with van der Waals surface area (Å²) in [6.07, 6.45) is 0. The molecule has 0 aliphatic carbocycles. The molecule has 0 spiro atoms. The predicted molar refractivity (Wildman–Crippen MR) is 84.3 cm³/mol. The fourth-order valence-electron chi connectivity index (χ4n) is 2.45. The van der Waals surface area contributed by atoms with Crippen LogP contribution in [0.3, 0.4) is 0 Å². The number of hydrogen-bond donors (Lipinski definition) is 1. The molecule has 0 amide bonds. The lowest BCUT2D eigenvalue weighted by molar-refractivity contribution is 0.333. The van der Waals surface area contributed by atoms with Crippen molar-refractivity contribution in [3.05, 3.63) is 65.0 Å². The van der Waals surface area contributed by atoms with Gasteiger partial charge in [-0.25, -0.2) is 4.39 Å².